The minimum absolute atomic E-state index is 0. The molecule has 2 unspecified atom stereocenters. The van der Waals surface area contributed by atoms with Crippen molar-refractivity contribution in [2.45, 2.75) is 145 Å². The summed E-state index contributed by atoms with van der Waals surface area (Å²) in [6.45, 7) is 19.5. The van der Waals surface area contributed by atoms with Crippen LogP contribution in [-0.2, 0) is 39.2 Å². The zero-order valence-electron chi connectivity index (χ0n) is 31.3. The van der Waals surface area contributed by atoms with Gasteiger partial charge in [-0.1, -0.05) is 67.5 Å². The predicted molar refractivity (Wildman–Crippen MR) is 193 cm³/mol. The Morgan fingerprint density at radius 1 is 0.714 bits per heavy atom. The van der Waals surface area contributed by atoms with E-state index in [4.69, 9.17) is 29.8 Å². The van der Waals surface area contributed by atoms with E-state index in [2.05, 4.69) is 79.7 Å². The van der Waals surface area contributed by atoms with Gasteiger partial charge in [0.2, 0.25) is 0 Å². The summed E-state index contributed by atoms with van der Waals surface area (Å²) in [5.41, 5.74) is 6.23. The van der Waals surface area contributed by atoms with Crippen LogP contribution in [-0.4, -0.2) is 46.7 Å². The number of rotatable bonds is 12. The molecule has 1 radical (unpaired) electrons. The van der Waals surface area contributed by atoms with Crippen molar-refractivity contribution in [2.24, 2.45) is 21.8 Å². The van der Waals surface area contributed by atoms with Crippen molar-refractivity contribution in [1.29, 1.82) is 0 Å². The number of hydrogen-bond acceptors (Lipinski definition) is 8. The Morgan fingerprint density at radius 2 is 1.04 bits per heavy atom. The second kappa shape index (κ2) is 23.3. The number of benzene rings is 2. The third-order valence-corrected chi connectivity index (χ3v) is 8.19. The number of aryl methyl sites for hydroxylation is 2. The summed E-state index contributed by atoms with van der Waals surface area (Å²) in [6, 6.07) is 8.95. The predicted octanol–water partition coefficient (Wildman–Crippen LogP) is 6.88. The molecule has 0 spiro atoms. The molecule has 49 heavy (non-hydrogen) atoms. The Hall–Kier alpha value is -3.17. The molecule has 8 nitrogen and oxygen atoms in total. The molecule has 2 atom stereocenters. The SMILES string of the molecule is CC(=O)[O-].CC(=O)[O-].CC(C)CCc1cc(C=NC2CCCC(N=Cc3cc(CCC(C)C)cc(C(C)C)c3O)C2)c(O)c(C(C)C)c1.[Co+2]. The van der Waals surface area contributed by atoms with Crippen molar-refractivity contribution in [3.8, 4) is 11.5 Å². The van der Waals surface area contributed by atoms with Crippen molar-refractivity contribution in [1.82, 2.24) is 0 Å². The Balaban J connectivity index is 0.00000230. The third-order valence-electron chi connectivity index (χ3n) is 8.19. The molecule has 1 saturated carbocycles. The molecule has 9 heteroatoms. The van der Waals surface area contributed by atoms with Gasteiger partial charge in [-0.05, 0) is 123 Å². The molecule has 1 aliphatic rings. The number of hydrogen-bond donors (Lipinski definition) is 2. The molecule has 2 aromatic carbocycles. The van der Waals surface area contributed by atoms with Crippen molar-refractivity contribution in [3.05, 3.63) is 57.6 Å². The molecule has 0 amide bonds. The molecule has 3 rings (SSSR count). The van der Waals surface area contributed by atoms with Gasteiger partial charge in [0, 0.05) is 35.5 Å². The van der Waals surface area contributed by atoms with Crippen LogP contribution in [0, 0.1) is 11.8 Å². The monoisotopic (exact) mass is 723 g/mol. The minimum Gasteiger partial charge on any atom is -0.550 e. The molecule has 2 aromatic rings. The average molecular weight is 724 g/mol. The number of phenolic OH excluding ortho intramolecular Hbond substituents is 2. The first-order valence-corrected chi connectivity index (χ1v) is 17.5. The molecule has 0 heterocycles. The topological polar surface area (TPSA) is 145 Å². The van der Waals surface area contributed by atoms with Gasteiger partial charge in [-0.15, -0.1) is 0 Å². The van der Waals surface area contributed by atoms with Gasteiger partial charge in [-0.25, -0.2) is 0 Å². The van der Waals surface area contributed by atoms with Crippen LogP contribution in [0.4, 0.5) is 0 Å². The van der Waals surface area contributed by atoms with Gasteiger partial charge in [0.15, 0.2) is 0 Å². The van der Waals surface area contributed by atoms with Gasteiger partial charge in [0.1, 0.15) is 11.5 Å². The zero-order valence-corrected chi connectivity index (χ0v) is 32.4. The average Bonchev–Trinajstić information content (AvgIpc) is 2.98. The fourth-order valence-corrected chi connectivity index (χ4v) is 5.55. The summed E-state index contributed by atoms with van der Waals surface area (Å²) in [5.74, 6) is 0.383. The minimum atomic E-state index is -1.08. The van der Waals surface area contributed by atoms with Gasteiger partial charge in [0.25, 0.3) is 0 Å². The summed E-state index contributed by atoms with van der Waals surface area (Å²) in [5, 5.41) is 39.8. The Bertz CT molecular complexity index is 1260. The fraction of sp³-hybridized carbons (Fsp3) is 0.600. The number of carboxylic acid groups (broad SMARTS) is 2. The van der Waals surface area contributed by atoms with Crippen LogP contribution >= 0.6 is 0 Å². The van der Waals surface area contributed by atoms with Gasteiger partial charge in [0.05, 0.1) is 12.1 Å². The van der Waals surface area contributed by atoms with Crippen LogP contribution < -0.4 is 10.2 Å². The van der Waals surface area contributed by atoms with E-state index >= 15 is 0 Å². The van der Waals surface area contributed by atoms with E-state index in [1.165, 1.54) is 11.1 Å². The molecular formula is C40H60CoN2O6. The molecule has 0 aromatic heterocycles. The normalized spacial score (nSPS) is 16.0. The quantitative estimate of drug-likeness (QED) is 0.229. The summed E-state index contributed by atoms with van der Waals surface area (Å²) >= 11 is 0. The van der Waals surface area contributed by atoms with Crippen molar-refractivity contribution in [3.63, 3.8) is 0 Å². The number of carbonyl (C=O) groups is 2. The van der Waals surface area contributed by atoms with Crippen LogP contribution in [0.25, 0.3) is 0 Å². The fourth-order valence-electron chi connectivity index (χ4n) is 5.55. The van der Waals surface area contributed by atoms with Crippen LogP contribution in [0.2, 0.25) is 0 Å². The van der Waals surface area contributed by atoms with E-state index in [0.717, 1.165) is 87.5 Å². The Labute approximate surface area is 305 Å². The van der Waals surface area contributed by atoms with Gasteiger partial charge in [-0.2, -0.15) is 0 Å². The zero-order chi connectivity index (χ0) is 36.6. The summed E-state index contributed by atoms with van der Waals surface area (Å²) in [6.07, 6.45) is 12.2. The molecule has 1 aliphatic carbocycles. The van der Waals surface area contributed by atoms with Crippen molar-refractivity contribution >= 4 is 24.4 Å². The molecular weight excluding hydrogens is 663 g/mol. The smallest absolute Gasteiger partial charge is 0.550 e. The first-order chi connectivity index (χ1) is 22.4. The maximum absolute atomic E-state index is 11.0. The van der Waals surface area contributed by atoms with Gasteiger partial charge < -0.3 is 30.0 Å². The van der Waals surface area contributed by atoms with Crippen molar-refractivity contribution < 1.29 is 46.8 Å². The van der Waals surface area contributed by atoms with Gasteiger partial charge in [-0.3, -0.25) is 9.98 Å². The van der Waals surface area contributed by atoms with Crippen LogP contribution in [0.1, 0.15) is 153 Å². The Morgan fingerprint density at radius 3 is 1.33 bits per heavy atom. The molecule has 1 fully saturated rings. The molecule has 0 aliphatic heterocycles. The van der Waals surface area contributed by atoms with E-state index in [1.807, 2.05) is 12.4 Å². The third kappa shape index (κ3) is 18.4. The van der Waals surface area contributed by atoms with Crippen LogP contribution in [0.15, 0.2) is 34.3 Å². The summed E-state index contributed by atoms with van der Waals surface area (Å²) in [7, 11) is 0. The van der Waals surface area contributed by atoms with Crippen LogP contribution in [0.3, 0.4) is 0 Å². The molecule has 0 bridgehead atoms. The summed E-state index contributed by atoms with van der Waals surface area (Å²) < 4.78 is 0. The molecule has 2 N–H and O–H groups in total. The van der Waals surface area contributed by atoms with E-state index in [0.29, 0.717) is 23.3 Å². The number of phenols is 2. The van der Waals surface area contributed by atoms with E-state index < -0.39 is 11.9 Å². The summed E-state index contributed by atoms with van der Waals surface area (Å²) in [4.78, 5) is 27.7. The molecule has 275 valence electrons. The number of aliphatic carboxylic acids is 2. The largest absolute Gasteiger partial charge is 2.00 e. The number of nitrogens with zero attached hydrogens (tertiary/aromatic N) is 2. The molecule has 0 saturated heterocycles. The second-order valence-electron chi connectivity index (χ2n) is 14.4. The standard InChI is InChI=1S/C36H54N2O2.2C2H4O2.Co/c1-23(2)12-14-27-16-29(35(39)33(18-27)25(5)6)21-37-31-10-9-11-32(20-31)38-22-30-17-28(15-13-24(3)4)19-34(26(7)8)36(30)40;2*1-2(3)4;/h16-19,21-26,31-32,39-40H,9-15,20H2,1-8H3;2*1H3,(H,3,4);/q;;;+2/p-2. The van der Waals surface area contributed by atoms with Crippen LogP contribution in [0.5, 0.6) is 11.5 Å². The van der Waals surface area contributed by atoms with E-state index in [9.17, 15) is 10.2 Å². The number of carbonyl (C=O) groups excluding carboxylic acids is 2. The van der Waals surface area contributed by atoms with Crippen molar-refractivity contribution in [2.75, 3.05) is 0 Å². The first-order valence-electron chi connectivity index (χ1n) is 17.5. The first kappa shape index (κ1) is 45.8. The number of carboxylic acids is 2. The number of aromatic hydroxyl groups is 2. The maximum Gasteiger partial charge on any atom is 2.00 e. The maximum atomic E-state index is 11.0. The second-order valence-corrected chi connectivity index (χ2v) is 14.4. The van der Waals surface area contributed by atoms with E-state index in [1.54, 1.807) is 0 Å². The van der Waals surface area contributed by atoms with Gasteiger partial charge >= 0.3 is 16.8 Å². The number of aliphatic imine (C=N–C) groups is 2. The Kier molecular flexibility index (Phi) is 21.8. The van der Waals surface area contributed by atoms with E-state index in [-0.39, 0.29) is 40.7 Å².